The molecule has 94 valence electrons. The van der Waals surface area contributed by atoms with Crippen LogP contribution in [0.25, 0.3) is 16.7 Å². The van der Waals surface area contributed by atoms with Gasteiger partial charge < -0.3 is 5.73 Å². The Balaban J connectivity index is 2.30. The van der Waals surface area contributed by atoms with Crippen molar-refractivity contribution in [2.45, 2.75) is 0 Å². The van der Waals surface area contributed by atoms with E-state index in [2.05, 4.69) is 9.97 Å². The average Bonchev–Trinajstić information content (AvgIpc) is 2.82. The molecular formula is C14H8N6. The number of aromatic nitrogens is 3. The summed E-state index contributed by atoms with van der Waals surface area (Å²) in [5.41, 5.74) is 8.72. The van der Waals surface area contributed by atoms with E-state index >= 15 is 0 Å². The monoisotopic (exact) mass is 260 g/mol. The highest BCUT2D eigenvalue weighted by Crippen LogP contribution is 2.23. The Hall–Kier alpha value is -3.38. The van der Waals surface area contributed by atoms with Crippen LogP contribution in [-0.4, -0.2) is 14.5 Å². The van der Waals surface area contributed by atoms with Gasteiger partial charge in [0.1, 0.15) is 17.7 Å². The van der Waals surface area contributed by atoms with E-state index < -0.39 is 0 Å². The molecule has 2 heterocycles. The minimum atomic E-state index is 0.306. The van der Waals surface area contributed by atoms with Crippen molar-refractivity contribution in [2.75, 3.05) is 5.73 Å². The molecule has 0 spiro atoms. The molecule has 0 atom stereocenters. The summed E-state index contributed by atoms with van der Waals surface area (Å²) < 4.78 is 1.72. The third kappa shape index (κ3) is 1.64. The first kappa shape index (κ1) is 11.7. The van der Waals surface area contributed by atoms with Gasteiger partial charge in [0.2, 0.25) is 5.95 Å². The predicted molar refractivity (Wildman–Crippen MR) is 72.7 cm³/mol. The molecule has 6 nitrogen and oxygen atoms in total. The number of nitrogens with zero attached hydrogens (tertiary/aromatic N) is 5. The molecule has 0 unspecified atom stereocenters. The number of hydrogen-bond donors (Lipinski definition) is 1. The highest BCUT2D eigenvalue weighted by atomic mass is 15.2. The fraction of sp³-hybridized carbons (Fsp3) is 0. The SMILES string of the molecule is N#Cc1ccc(-n2c(N)nc3cnccc32)cc1C#N. The van der Waals surface area contributed by atoms with Gasteiger partial charge in [-0.1, -0.05) is 0 Å². The molecule has 3 rings (SSSR count). The van der Waals surface area contributed by atoms with E-state index in [9.17, 15) is 0 Å². The number of fused-ring (bicyclic) bond motifs is 1. The van der Waals surface area contributed by atoms with Gasteiger partial charge in [0.15, 0.2) is 0 Å². The molecule has 0 aliphatic rings. The highest BCUT2D eigenvalue weighted by molar-refractivity contribution is 5.80. The normalized spacial score (nSPS) is 10.1. The minimum absolute atomic E-state index is 0.306. The number of imidazole rings is 1. The number of hydrogen-bond acceptors (Lipinski definition) is 5. The number of pyridine rings is 1. The van der Waals surface area contributed by atoms with Crippen molar-refractivity contribution < 1.29 is 0 Å². The van der Waals surface area contributed by atoms with Crippen molar-refractivity contribution in [2.24, 2.45) is 0 Å². The zero-order chi connectivity index (χ0) is 14.1. The van der Waals surface area contributed by atoms with E-state index in [0.29, 0.717) is 28.3 Å². The Kier molecular flexibility index (Phi) is 2.56. The fourth-order valence-corrected chi connectivity index (χ4v) is 2.08. The van der Waals surface area contributed by atoms with Gasteiger partial charge in [0.05, 0.1) is 28.5 Å². The first-order valence-electron chi connectivity index (χ1n) is 5.77. The van der Waals surface area contributed by atoms with E-state index in [4.69, 9.17) is 16.3 Å². The second-order valence-corrected chi connectivity index (χ2v) is 4.12. The van der Waals surface area contributed by atoms with Crippen molar-refractivity contribution in [3.8, 4) is 17.8 Å². The van der Waals surface area contributed by atoms with Crippen LogP contribution in [0.2, 0.25) is 0 Å². The van der Waals surface area contributed by atoms with E-state index in [0.717, 1.165) is 5.52 Å². The van der Waals surface area contributed by atoms with E-state index in [1.165, 1.54) is 0 Å². The smallest absolute Gasteiger partial charge is 0.205 e. The zero-order valence-electron chi connectivity index (χ0n) is 10.3. The standard InChI is InChI=1S/C14H8N6/c15-6-9-1-2-11(5-10(9)7-16)20-13-3-4-18-8-12(13)19-14(20)17/h1-5,8H,(H2,17,19). The molecule has 2 N–H and O–H groups in total. The largest absolute Gasteiger partial charge is 0.369 e. The van der Waals surface area contributed by atoms with Gasteiger partial charge in [-0.3, -0.25) is 9.55 Å². The lowest BCUT2D eigenvalue weighted by Gasteiger charge is -2.07. The third-order valence-electron chi connectivity index (χ3n) is 2.98. The van der Waals surface area contributed by atoms with Gasteiger partial charge in [0, 0.05) is 6.20 Å². The molecule has 0 bridgehead atoms. The van der Waals surface area contributed by atoms with Crippen LogP contribution in [0.15, 0.2) is 36.7 Å². The van der Waals surface area contributed by atoms with Crippen LogP contribution >= 0.6 is 0 Å². The molecule has 2 aromatic heterocycles. The van der Waals surface area contributed by atoms with Gasteiger partial charge >= 0.3 is 0 Å². The molecule has 0 saturated heterocycles. The van der Waals surface area contributed by atoms with Crippen LogP contribution in [0.5, 0.6) is 0 Å². The molecule has 0 aliphatic heterocycles. The minimum Gasteiger partial charge on any atom is -0.369 e. The maximum Gasteiger partial charge on any atom is 0.205 e. The number of nitrogen functional groups attached to an aromatic ring is 1. The lowest BCUT2D eigenvalue weighted by atomic mass is 10.1. The topological polar surface area (TPSA) is 104 Å². The third-order valence-corrected chi connectivity index (χ3v) is 2.98. The zero-order valence-corrected chi connectivity index (χ0v) is 10.3. The van der Waals surface area contributed by atoms with Crippen LogP contribution in [-0.2, 0) is 0 Å². The molecule has 0 fully saturated rings. The van der Waals surface area contributed by atoms with Crippen molar-refractivity contribution in [3.05, 3.63) is 47.8 Å². The number of benzene rings is 1. The Morgan fingerprint density at radius 1 is 1.10 bits per heavy atom. The van der Waals surface area contributed by atoms with Crippen molar-refractivity contribution in [1.82, 2.24) is 14.5 Å². The van der Waals surface area contributed by atoms with E-state index in [1.54, 1.807) is 41.2 Å². The Morgan fingerprint density at radius 3 is 2.65 bits per heavy atom. The molecule has 0 radical (unpaired) electrons. The second kappa shape index (κ2) is 4.38. The van der Waals surface area contributed by atoms with Crippen LogP contribution in [0.4, 0.5) is 5.95 Å². The molecule has 3 aromatic rings. The lowest BCUT2D eigenvalue weighted by molar-refractivity contribution is 1.11. The van der Waals surface area contributed by atoms with Crippen molar-refractivity contribution >= 4 is 17.0 Å². The van der Waals surface area contributed by atoms with Crippen LogP contribution < -0.4 is 5.73 Å². The van der Waals surface area contributed by atoms with Gasteiger partial charge in [0.25, 0.3) is 0 Å². The average molecular weight is 260 g/mol. The molecule has 0 amide bonds. The molecular weight excluding hydrogens is 252 g/mol. The number of nitrogens with two attached hydrogens (primary N) is 1. The Morgan fingerprint density at radius 2 is 1.90 bits per heavy atom. The van der Waals surface area contributed by atoms with Gasteiger partial charge in [-0.2, -0.15) is 10.5 Å². The summed E-state index contributed by atoms with van der Waals surface area (Å²) >= 11 is 0. The van der Waals surface area contributed by atoms with E-state index in [1.807, 2.05) is 12.1 Å². The first-order valence-corrected chi connectivity index (χ1v) is 5.77. The molecule has 20 heavy (non-hydrogen) atoms. The first-order chi connectivity index (χ1) is 9.74. The van der Waals surface area contributed by atoms with Gasteiger partial charge in [-0.15, -0.1) is 0 Å². The highest BCUT2D eigenvalue weighted by Gasteiger charge is 2.11. The maximum atomic E-state index is 9.09. The number of anilines is 1. The fourth-order valence-electron chi connectivity index (χ4n) is 2.08. The summed E-state index contributed by atoms with van der Waals surface area (Å²) in [6, 6.07) is 10.7. The summed E-state index contributed by atoms with van der Waals surface area (Å²) in [5, 5.41) is 18.0. The molecule has 1 aromatic carbocycles. The second-order valence-electron chi connectivity index (χ2n) is 4.12. The summed E-state index contributed by atoms with van der Waals surface area (Å²) in [6.45, 7) is 0. The summed E-state index contributed by atoms with van der Waals surface area (Å²) in [6.07, 6.45) is 3.27. The molecule has 0 aliphatic carbocycles. The maximum absolute atomic E-state index is 9.09. The van der Waals surface area contributed by atoms with Crippen molar-refractivity contribution in [3.63, 3.8) is 0 Å². The van der Waals surface area contributed by atoms with Crippen LogP contribution in [0, 0.1) is 22.7 Å². The predicted octanol–water partition coefficient (Wildman–Crippen LogP) is 1.75. The van der Waals surface area contributed by atoms with Crippen LogP contribution in [0.1, 0.15) is 11.1 Å². The number of rotatable bonds is 1. The van der Waals surface area contributed by atoms with Crippen LogP contribution in [0.3, 0.4) is 0 Å². The van der Waals surface area contributed by atoms with Gasteiger partial charge in [-0.25, -0.2) is 4.98 Å². The molecule has 6 heteroatoms. The summed E-state index contributed by atoms with van der Waals surface area (Å²) in [7, 11) is 0. The summed E-state index contributed by atoms with van der Waals surface area (Å²) in [5.74, 6) is 0.307. The van der Waals surface area contributed by atoms with E-state index in [-0.39, 0.29) is 0 Å². The van der Waals surface area contributed by atoms with Crippen molar-refractivity contribution in [1.29, 1.82) is 10.5 Å². The Labute approximate surface area is 114 Å². The number of nitriles is 2. The lowest BCUT2D eigenvalue weighted by Crippen LogP contribution is -2.01. The summed E-state index contributed by atoms with van der Waals surface area (Å²) in [4.78, 5) is 8.21. The quantitative estimate of drug-likeness (QED) is 0.717. The molecule has 0 saturated carbocycles. The van der Waals surface area contributed by atoms with Gasteiger partial charge in [-0.05, 0) is 24.3 Å². The Bertz CT molecular complexity index is 894.